The zero-order valence-corrected chi connectivity index (χ0v) is 23.4. The number of allylic oxidation sites excluding steroid dienone is 5. The molecule has 2 aliphatic heterocycles. The molecule has 7 heteroatoms. The van der Waals surface area contributed by atoms with Gasteiger partial charge in [-0.15, -0.1) is 0 Å². The van der Waals surface area contributed by atoms with Gasteiger partial charge in [0.1, 0.15) is 0 Å². The van der Waals surface area contributed by atoms with Gasteiger partial charge in [0.2, 0.25) is 0 Å². The summed E-state index contributed by atoms with van der Waals surface area (Å²) in [6.45, 7) is 19.3. The third-order valence-electron chi connectivity index (χ3n) is 7.40. The lowest BCUT2D eigenvalue weighted by atomic mass is 9.70. The van der Waals surface area contributed by atoms with Crippen LogP contribution in [0.25, 0.3) is 0 Å². The summed E-state index contributed by atoms with van der Waals surface area (Å²) in [6.07, 6.45) is 9.52. The van der Waals surface area contributed by atoms with E-state index in [-0.39, 0.29) is 35.6 Å². The highest BCUT2D eigenvalue weighted by atomic mass is 19.3. The van der Waals surface area contributed by atoms with Crippen molar-refractivity contribution in [1.29, 1.82) is 0 Å². The molecule has 3 fully saturated rings. The van der Waals surface area contributed by atoms with Crippen molar-refractivity contribution >= 4 is 0 Å². The maximum absolute atomic E-state index is 12.8. The van der Waals surface area contributed by atoms with Crippen molar-refractivity contribution in [1.82, 2.24) is 9.80 Å². The van der Waals surface area contributed by atoms with E-state index in [1.165, 1.54) is 70.8 Å². The maximum atomic E-state index is 12.8. The van der Waals surface area contributed by atoms with E-state index in [2.05, 4.69) is 44.2 Å². The molecule has 5 nitrogen and oxygen atoms in total. The summed E-state index contributed by atoms with van der Waals surface area (Å²) < 4.78 is 38.5. The largest absolute Gasteiger partial charge is 0.513 e. The Morgan fingerprint density at radius 3 is 2.28 bits per heavy atom. The smallest absolute Gasteiger partial charge is 0.272 e. The van der Waals surface area contributed by atoms with Gasteiger partial charge in [-0.1, -0.05) is 44.9 Å². The van der Waals surface area contributed by atoms with Crippen LogP contribution in [0.4, 0.5) is 8.78 Å². The van der Waals surface area contributed by atoms with Gasteiger partial charge >= 0.3 is 0 Å². The van der Waals surface area contributed by atoms with Gasteiger partial charge in [0.15, 0.2) is 0 Å². The highest BCUT2D eigenvalue weighted by Crippen LogP contribution is 2.42. The second-order valence-electron chi connectivity index (χ2n) is 11.6. The quantitative estimate of drug-likeness (QED) is 0.309. The van der Waals surface area contributed by atoms with E-state index < -0.39 is 5.92 Å². The van der Waals surface area contributed by atoms with Gasteiger partial charge in [-0.3, -0.25) is 4.90 Å². The predicted octanol–water partition coefficient (Wildman–Crippen LogP) is 6.23. The normalized spacial score (nSPS) is 27.4. The van der Waals surface area contributed by atoms with Crippen LogP contribution in [0, 0.1) is 11.8 Å². The SMILES string of the molecule is C=C(/C=C\C=C(/C)O)C(F)(F)CC.CN1CCN(C[C@H]2OCC[C@@H](C3CCC3)[C@H]2OC(C)(C)C)CC1. The molecule has 36 heavy (non-hydrogen) atoms. The lowest BCUT2D eigenvalue weighted by Crippen LogP contribution is -2.55. The highest BCUT2D eigenvalue weighted by Gasteiger charge is 2.43. The molecule has 3 atom stereocenters. The van der Waals surface area contributed by atoms with Crippen LogP contribution in [-0.4, -0.2) is 85.0 Å². The molecule has 1 N–H and O–H groups in total. The standard InChI is InChI=1S/C19H36N2O2.C10H14F2O/c1-19(2,3)23-18-16(15-6-5-7-15)8-13-22-17(18)14-21-11-9-20(4)10-12-21;1-4-10(11,12)8(2)6-5-7-9(3)13/h15-18H,5-14H2,1-4H3;5-7,13H,2,4H2,1,3H3/b;6-5-,9-7+/t16-,17+,18+;/m0./s1. The molecule has 0 unspecified atom stereocenters. The fourth-order valence-corrected chi connectivity index (χ4v) is 4.93. The molecule has 0 bridgehead atoms. The summed E-state index contributed by atoms with van der Waals surface area (Å²) >= 11 is 0. The highest BCUT2D eigenvalue weighted by molar-refractivity contribution is 5.25. The summed E-state index contributed by atoms with van der Waals surface area (Å²) in [6, 6.07) is 0. The number of hydrogen-bond donors (Lipinski definition) is 1. The average Bonchev–Trinajstić information content (AvgIpc) is 2.75. The Hall–Kier alpha value is -1.28. The van der Waals surface area contributed by atoms with Crippen LogP contribution in [0.3, 0.4) is 0 Å². The molecular weight excluding hydrogens is 462 g/mol. The van der Waals surface area contributed by atoms with Crippen LogP contribution >= 0.6 is 0 Å². The molecule has 3 rings (SSSR count). The summed E-state index contributed by atoms with van der Waals surface area (Å²) in [7, 11) is 2.21. The first-order chi connectivity index (χ1) is 16.8. The van der Waals surface area contributed by atoms with Gasteiger partial charge in [0.25, 0.3) is 5.92 Å². The van der Waals surface area contributed by atoms with Gasteiger partial charge in [-0.05, 0) is 59.1 Å². The molecule has 0 aromatic carbocycles. The molecule has 208 valence electrons. The minimum atomic E-state index is -2.85. The zero-order valence-electron chi connectivity index (χ0n) is 23.4. The van der Waals surface area contributed by atoms with E-state index in [0.717, 1.165) is 32.2 Å². The maximum Gasteiger partial charge on any atom is 0.272 e. The number of hydrogen-bond acceptors (Lipinski definition) is 5. The Morgan fingerprint density at radius 1 is 1.14 bits per heavy atom. The molecule has 2 saturated heterocycles. The van der Waals surface area contributed by atoms with Crippen LogP contribution in [0.15, 0.2) is 36.1 Å². The molecule has 1 saturated carbocycles. The molecule has 0 aromatic rings. The number of ether oxygens (including phenoxy) is 2. The van der Waals surface area contributed by atoms with Gasteiger partial charge in [-0.2, -0.15) is 0 Å². The zero-order chi connectivity index (χ0) is 26.9. The number of likely N-dealkylation sites (N-methyl/N-ethyl adjacent to an activating group) is 1. The number of nitrogens with zero attached hydrogens (tertiary/aromatic N) is 2. The average molecular weight is 513 g/mol. The van der Waals surface area contributed by atoms with Crippen LogP contribution in [0.5, 0.6) is 0 Å². The van der Waals surface area contributed by atoms with Crippen molar-refractivity contribution in [2.45, 2.75) is 90.5 Å². The van der Waals surface area contributed by atoms with Crippen molar-refractivity contribution < 1.29 is 23.4 Å². The third kappa shape index (κ3) is 10.2. The Morgan fingerprint density at radius 2 is 1.78 bits per heavy atom. The molecule has 0 aromatic heterocycles. The summed E-state index contributed by atoms with van der Waals surface area (Å²) in [4.78, 5) is 4.99. The molecule has 2 heterocycles. The van der Waals surface area contributed by atoms with Crippen LogP contribution < -0.4 is 0 Å². The lowest BCUT2D eigenvalue weighted by Gasteiger charge is -2.48. The fraction of sp³-hybridized carbons (Fsp3) is 0.793. The molecule has 1 aliphatic carbocycles. The topological polar surface area (TPSA) is 45.2 Å². The number of halogens is 2. The number of piperazine rings is 1. The number of rotatable bonds is 8. The van der Waals surface area contributed by atoms with Crippen molar-refractivity contribution in [3.8, 4) is 0 Å². The fourth-order valence-electron chi connectivity index (χ4n) is 4.93. The number of alkyl halides is 2. The summed E-state index contributed by atoms with van der Waals surface area (Å²) in [5.74, 6) is -1.20. The van der Waals surface area contributed by atoms with E-state index in [1.807, 2.05) is 0 Å². The minimum absolute atomic E-state index is 0.0730. The van der Waals surface area contributed by atoms with E-state index in [9.17, 15) is 8.78 Å². The van der Waals surface area contributed by atoms with Crippen molar-refractivity contribution in [3.05, 3.63) is 36.1 Å². The van der Waals surface area contributed by atoms with Gasteiger partial charge in [0.05, 0.1) is 23.6 Å². The van der Waals surface area contributed by atoms with Crippen molar-refractivity contribution in [2.24, 2.45) is 11.8 Å². The van der Waals surface area contributed by atoms with Gasteiger partial charge in [-0.25, -0.2) is 8.78 Å². The Bertz CT molecular complexity index is 731. The van der Waals surface area contributed by atoms with E-state index in [1.54, 1.807) is 0 Å². The summed E-state index contributed by atoms with van der Waals surface area (Å²) in [5.41, 5.74) is -0.333. The lowest BCUT2D eigenvalue weighted by molar-refractivity contribution is -0.196. The van der Waals surface area contributed by atoms with Gasteiger partial charge in [0, 0.05) is 51.3 Å². The van der Waals surface area contributed by atoms with Crippen LogP contribution in [0.1, 0.15) is 66.7 Å². The minimum Gasteiger partial charge on any atom is -0.513 e. The predicted molar refractivity (Wildman–Crippen MR) is 144 cm³/mol. The molecule has 0 amide bonds. The Balaban J connectivity index is 0.000000302. The second-order valence-corrected chi connectivity index (χ2v) is 11.6. The van der Waals surface area contributed by atoms with E-state index in [0.29, 0.717) is 5.92 Å². The Kier molecular flexibility index (Phi) is 12.1. The molecular formula is C29H50F2N2O3. The first-order valence-corrected chi connectivity index (χ1v) is 13.6. The Labute approximate surface area is 218 Å². The van der Waals surface area contributed by atoms with Crippen LogP contribution in [0.2, 0.25) is 0 Å². The molecule has 3 aliphatic rings. The monoisotopic (exact) mass is 512 g/mol. The van der Waals surface area contributed by atoms with Gasteiger partial charge < -0.3 is 19.5 Å². The number of aliphatic hydroxyl groups is 1. The second kappa shape index (κ2) is 14.0. The third-order valence-corrected chi connectivity index (χ3v) is 7.40. The van der Waals surface area contributed by atoms with E-state index in [4.69, 9.17) is 14.6 Å². The molecule has 0 radical (unpaired) electrons. The summed E-state index contributed by atoms with van der Waals surface area (Å²) in [5, 5.41) is 8.72. The number of aliphatic hydroxyl groups excluding tert-OH is 1. The first kappa shape index (κ1) is 30.9. The van der Waals surface area contributed by atoms with Crippen molar-refractivity contribution in [2.75, 3.05) is 46.4 Å². The van der Waals surface area contributed by atoms with E-state index >= 15 is 0 Å². The first-order valence-electron chi connectivity index (χ1n) is 13.6. The van der Waals surface area contributed by atoms with Crippen molar-refractivity contribution in [3.63, 3.8) is 0 Å². The molecule has 0 spiro atoms. The van der Waals surface area contributed by atoms with Crippen LogP contribution in [-0.2, 0) is 9.47 Å².